The van der Waals surface area contributed by atoms with Gasteiger partial charge in [-0.15, -0.1) is 11.3 Å². The minimum Gasteiger partial charge on any atom is -0.387 e. The second kappa shape index (κ2) is 7.44. The van der Waals surface area contributed by atoms with E-state index in [1.54, 1.807) is 24.3 Å². The summed E-state index contributed by atoms with van der Waals surface area (Å²) in [4.78, 5) is 16.0. The molecule has 2 N–H and O–H groups in total. The summed E-state index contributed by atoms with van der Waals surface area (Å²) in [6, 6.07) is 12.6. The molecule has 1 atom stereocenters. The van der Waals surface area contributed by atoms with Crippen molar-refractivity contribution in [2.75, 3.05) is 6.54 Å². The number of azide groups is 1. The van der Waals surface area contributed by atoms with Crippen LogP contribution in [-0.2, 0) is 6.54 Å². The number of hydrogen-bond donors (Lipinski definition) is 2. The standard InChI is InChI=1S/C14H14N4O2S/c15-18-17-8-11-6-7-13(21-11)14(20)16-9-12(19)10-4-2-1-3-5-10/h1-7,12,19H,8-9H2,(H,16,20). The molecule has 7 heteroatoms. The normalized spacial score (nSPS) is 11.5. The van der Waals surface area contributed by atoms with Crippen LogP contribution < -0.4 is 5.32 Å². The molecule has 0 saturated carbocycles. The van der Waals surface area contributed by atoms with Gasteiger partial charge in [0.05, 0.1) is 17.5 Å². The molecule has 0 saturated heterocycles. The molecule has 0 aliphatic heterocycles. The van der Waals surface area contributed by atoms with Gasteiger partial charge in [-0.05, 0) is 23.2 Å². The van der Waals surface area contributed by atoms with E-state index >= 15 is 0 Å². The molecular weight excluding hydrogens is 288 g/mol. The zero-order valence-corrected chi connectivity index (χ0v) is 12.0. The summed E-state index contributed by atoms with van der Waals surface area (Å²) >= 11 is 1.27. The zero-order chi connectivity index (χ0) is 15.1. The molecule has 1 aromatic carbocycles. The number of nitrogens with zero attached hydrogens (tertiary/aromatic N) is 3. The van der Waals surface area contributed by atoms with Gasteiger partial charge in [-0.25, -0.2) is 0 Å². The predicted octanol–water partition coefficient (Wildman–Crippen LogP) is 3.02. The number of carbonyl (C=O) groups is 1. The van der Waals surface area contributed by atoms with Crippen molar-refractivity contribution in [1.29, 1.82) is 0 Å². The van der Waals surface area contributed by atoms with Gasteiger partial charge in [0.15, 0.2) is 0 Å². The lowest BCUT2D eigenvalue weighted by atomic mass is 10.1. The van der Waals surface area contributed by atoms with E-state index in [4.69, 9.17) is 5.53 Å². The molecule has 0 aliphatic carbocycles. The van der Waals surface area contributed by atoms with Crippen LogP contribution in [0.2, 0.25) is 0 Å². The highest BCUT2D eigenvalue weighted by molar-refractivity contribution is 7.14. The average molecular weight is 302 g/mol. The maximum absolute atomic E-state index is 12.0. The third kappa shape index (κ3) is 4.32. The molecule has 21 heavy (non-hydrogen) atoms. The van der Waals surface area contributed by atoms with Gasteiger partial charge in [-0.3, -0.25) is 4.79 Å². The van der Waals surface area contributed by atoms with E-state index in [2.05, 4.69) is 15.3 Å². The Bertz CT molecular complexity index is 650. The van der Waals surface area contributed by atoms with Crippen LogP contribution in [-0.4, -0.2) is 17.6 Å². The van der Waals surface area contributed by atoms with Crippen molar-refractivity contribution in [3.05, 3.63) is 68.2 Å². The van der Waals surface area contributed by atoms with Gasteiger partial charge in [0.25, 0.3) is 5.91 Å². The van der Waals surface area contributed by atoms with Gasteiger partial charge >= 0.3 is 0 Å². The Morgan fingerprint density at radius 1 is 1.33 bits per heavy atom. The van der Waals surface area contributed by atoms with Gasteiger partial charge in [0.2, 0.25) is 0 Å². The number of aliphatic hydroxyl groups excluding tert-OH is 1. The van der Waals surface area contributed by atoms with E-state index in [1.807, 2.05) is 18.2 Å². The van der Waals surface area contributed by atoms with Crippen molar-refractivity contribution in [2.24, 2.45) is 5.11 Å². The van der Waals surface area contributed by atoms with E-state index in [0.717, 1.165) is 10.4 Å². The first-order valence-electron chi connectivity index (χ1n) is 6.31. The molecule has 108 valence electrons. The van der Waals surface area contributed by atoms with E-state index in [0.29, 0.717) is 4.88 Å². The summed E-state index contributed by atoms with van der Waals surface area (Å²) in [5.41, 5.74) is 9.01. The highest BCUT2D eigenvalue weighted by Gasteiger charge is 2.12. The second-order valence-corrected chi connectivity index (χ2v) is 5.46. The number of aliphatic hydroxyl groups is 1. The van der Waals surface area contributed by atoms with Gasteiger partial charge < -0.3 is 10.4 Å². The Morgan fingerprint density at radius 3 is 2.81 bits per heavy atom. The number of thiophene rings is 1. The molecule has 0 spiro atoms. The average Bonchev–Trinajstić information content (AvgIpc) is 3.00. The molecule has 1 amide bonds. The van der Waals surface area contributed by atoms with Crippen molar-refractivity contribution in [2.45, 2.75) is 12.6 Å². The molecule has 0 bridgehead atoms. The van der Waals surface area contributed by atoms with Crippen LogP contribution in [0, 0.1) is 0 Å². The van der Waals surface area contributed by atoms with Crippen molar-refractivity contribution < 1.29 is 9.90 Å². The minimum absolute atomic E-state index is 0.145. The lowest BCUT2D eigenvalue weighted by Gasteiger charge is -2.11. The van der Waals surface area contributed by atoms with E-state index in [1.165, 1.54) is 11.3 Å². The van der Waals surface area contributed by atoms with Crippen molar-refractivity contribution in [3.63, 3.8) is 0 Å². The third-order valence-electron chi connectivity index (χ3n) is 2.82. The molecule has 2 rings (SSSR count). The summed E-state index contributed by atoms with van der Waals surface area (Å²) in [7, 11) is 0. The molecule has 1 aromatic heterocycles. The summed E-state index contributed by atoms with van der Waals surface area (Å²) in [6.45, 7) is 0.382. The zero-order valence-electron chi connectivity index (χ0n) is 11.1. The predicted molar refractivity (Wildman–Crippen MR) is 80.9 cm³/mol. The van der Waals surface area contributed by atoms with Crippen LogP contribution in [0.25, 0.3) is 10.4 Å². The summed E-state index contributed by atoms with van der Waals surface area (Å²) in [5.74, 6) is -0.248. The van der Waals surface area contributed by atoms with Gasteiger partial charge in [-0.1, -0.05) is 35.4 Å². The molecule has 6 nitrogen and oxygen atoms in total. The highest BCUT2D eigenvalue weighted by Crippen LogP contribution is 2.18. The van der Waals surface area contributed by atoms with E-state index in [9.17, 15) is 9.90 Å². The van der Waals surface area contributed by atoms with Crippen molar-refractivity contribution >= 4 is 17.2 Å². The van der Waals surface area contributed by atoms with E-state index < -0.39 is 6.10 Å². The SMILES string of the molecule is [N-]=[N+]=NCc1ccc(C(=O)NCC(O)c2ccccc2)s1. The Labute approximate surface area is 125 Å². The van der Waals surface area contributed by atoms with Crippen LogP contribution in [0.4, 0.5) is 0 Å². The van der Waals surface area contributed by atoms with E-state index in [-0.39, 0.29) is 19.0 Å². The minimum atomic E-state index is -0.738. The molecule has 0 radical (unpaired) electrons. The number of carbonyl (C=O) groups excluding carboxylic acids is 1. The van der Waals surface area contributed by atoms with Crippen LogP contribution in [0.1, 0.15) is 26.2 Å². The molecule has 2 aromatic rings. The van der Waals surface area contributed by atoms with Gasteiger partial charge in [0.1, 0.15) is 0 Å². The Balaban J connectivity index is 1.89. The summed E-state index contributed by atoms with van der Waals surface area (Å²) in [6.07, 6.45) is -0.738. The maximum Gasteiger partial charge on any atom is 0.261 e. The fraction of sp³-hybridized carbons (Fsp3) is 0.214. The maximum atomic E-state index is 12.0. The molecular formula is C14H14N4O2S. The van der Waals surface area contributed by atoms with Crippen LogP contribution >= 0.6 is 11.3 Å². The van der Waals surface area contributed by atoms with Crippen LogP contribution in [0.15, 0.2) is 47.6 Å². The first-order chi connectivity index (χ1) is 10.2. The molecule has 0 aliphatic rings. The third-order valence-corrected chi connectivity index (χ3v) is 3.88. The number of amides is 1. The Morgan fingerprint density at radius 2 is 2.10 bits per heavy atom. The second-order valence-electron chi connectivity index (χ2n) is 4.29. The smallest absolute Gasteiger partial charge is 0.261 e. The largest absolute Gasteiger partial charge is 0.387 e. The Kier molecular flexibility index (Phi) is 5.34. The van der Waals surface area contributed by atoms with Crippen molar-refractivity contribution in [3.8, 4) is 0 Å². The molecule has 1 unspecified atom stereocenters. The first-order valence-corrected chi connectivity index (χ1v) is 7.13. The molecule has 0 fully saturated rings. The van der Waals surface area contributed by atoms with Gasteiger partial charge in [-0.2, -0.15) is 0 Å². The van der Waals surface area contributed by atoms with Gasteiger partial charge in [0, 0.05) is 16.3 Å². The molecule has 1 heterocycles. The lowest BCUT2D eigenvalue weighted by Crippen LogP contribution is -2.27. The lowest BCUT2D eigenvalue weighted by molar-refractivity contribution is 0.0920. The summed E-state index contributed by atoms with van der Waals surface area (Å²) in [5, 5.41) is 16.1. The van der Waals surface area contributed by atoms with Crippen LogP contribution in [0.5, 0.6) is 0 Å². The number of rotatable bonds is 6. The fourth-order valence-electron chi connectivity index (χ4n) is 1.76. The monoisotopic (exact) mass is 302 g/mol. The van der Waals surface area contributed by atoms with Crippen molar-refractivity contribution in [1.82, 2.24) is 5.32 Å². The topological polar surface area (TPSA) is 98.1 Å². The Hall–Kier alpha value is -2.34. The highest BCUT2D eigenvalue weighted by atomic mass is 32.1. The summed E-state index contributed by atoms with van der Waals surface area (Å²) < 4.78 is 0. The number of hydrogen-bond acceptors (Lipinski definition) is 4. The first kappa shape index (κ1) is 15.1. The fourth-order valence-corrected chi connectivity index (χ4v) is 2.60. The number of nitrogens with one attached hydrogen (secondary N) is 1. The van der Waals surface area contributed by atoms with Crippen LogP contribution in [0.3, 0.4) is 0 Å². The number of benzene rings is 1. The quantitative estimate of drug-likeness (QED) is 0.487.